The number of para-hydroxylation sites is 1. The number of rotatable bonds is 3. The van der Waals surface area contributed by atoms with Crippen molar-refractivity contribution < 1.29 is 33.3 Å². The van der Waals surface area contributed by atoms with Crippen LogP contribution in [0.1, 0.15) is 17.3 Å². The summed E-state index contributed by atoms with van der Waals surface area (Å²) in [7, 11) is 2.26. The van der Waals surface area contributed by atoms with E-state index in [1.54, 1.807) is 24.3 Å². The van der Waals surface area contributed by atoms with Crippen LogP contribution in [0.5, 0.6) is 5.75 Å². The number of ketones is 1. The molecule has 132 valence electrons. The van der Waals surface area contributed by atoms with Gasteiger partial charge in [0.05, 0.1) is 19.8 Å². The van der Waals surface area contributed by atoms with E-state index in [1.165, 1.54) is 13.0 Å². The molecule has 3 atom stereocenters. The Morgan fingerprint density at radius 2 is 1.80 bits per heavy atom. The molecule has 0 aliphatic carbocycles. The summed E-state index contributed by atoms with van der Waals surface area (Å²) < 4.78 is 21.3. The SMILES string of the molecule is C=C[C@]1(C)O[C@@H]2Oc3ccccc3C(=O)[C@H]2C1(C(=O)OC)C(=O)OC. The second-order valence-corrected chi connectivity index (χ2v) is 6.04. The molecule has 2 aliphatic heterocycles. The number of fused-ring (bicyclic) bond motifs is 2. The van der Waals surface area contributed by atoms with Crippen LogP contribution in [0.3, 0.4) is 0 Å². The van der Waals surface area contributed by atoms with E-state index in [4.69, 9.17) is 18.9 Å². The first-order valence-corrected chi connectivity index (χ1v) is 7.65. The van der Waals surface area contributed by atoms with Crippen molar-refractivity contribution in [3.8, 4) is 5.75 Å². The van der Waals surface area contributed by atoms with Crippen LogP contribution in [0.15, 0.2) is 36.9 Å². The Bertz CT molecular complexity index is 752. The topological polar surface area (TPSA) is 88.1 Å². The molecule has 25 heavy (non-hydrogen) atoms. The van der Waals surface area contributed by atoms with Crippen LogP contribution in [0, 0.1) is 11.3 Å². The van der Waals surface area contributed by atoms with Crippen LogP contribution in [0.4, 0.5) is 0 Å². The molecule has 0 bridgehead atoms. The number of ether oxygens (including phenoxy) is 4. The van der Waals surface area contributed by atoms with E-state index in [-0.39, 0.29) is 5.56 Å². The second-order valence-electron chi connectivity index (χ2n) is 6.04. The molecule has 0 aromatic heterocycles. The highest BCUT2D eigenvalue weighted by molar-refractivity contribution is 6.12. The van der Waals surface area contributed by atoms with E-state index in [0.29, 0.717) is 5.75 Å². The van der Waals surface area contributed by atoms with Gasteiger partial charge in [-0.3, -0.25) is 14.4 Å². The van der Waals surface area contributed by atoms with Crippen LogP contribution in [-0.4, -0.2) is 43.8 Å². The second kappa shape index (κ2) is 5.70. The average molecular weight is 346 g/mol. The van der Waals surface area contributed by atoms with Crippen LogP contribution < -0.4 is 4.74 Å². The zero-order chi connectivity index (χ0) is 18.4. The molecule has 0 saturated carbocycles. The minimum Gasteiger partial charge on any atom is -0.468 e. The number of benzene rings is 1. The number of hydrogen-bond acceptors (Lipinski definition) is 7. The number of methoxy groups -OCH3 is 2. The van der Waals surface area contributed by atoms with Gasteiger partial charge in [-0.25, -0.2) is 0 Å². The van der Waals surface area contributed by atoms with Gasteiger partial charge < -0.3 is 18.9 Å². The van der Waals surface area contributed by atoms with Crippen LogP contribution in [0.2, 0.25) is 0 Å². The molecule has 7 nitrogen and oxygen atoms in total. The summed E-state index contributed by atoms with van der Waals surface area (Å²) in [5, 5.41) is 0. The van der Waals surface area contributed by atoms with E-state index >= 15 is 0 Å². The summed E-state index contributed by atoms with van der Waals surface area (Å²) in [5.41, 5.74) is -3.36. The number of carbonyl (C=O) groups is 3. The molecule has 1 aromatic rings. The summed E-state index contributed by atoms with van der Waals surface area (Å²) in [6, 6.07) is 6.56. The summed E-state index contributed by atoms with van der Waals surface area (Å²) in [5.74, 6) is -3.26. The Hall–Kier alpha value is -2.67. The number of carbonyl (C=O) groups excluding carboxylic acids is 3. The molecule has 2 heterocycles. The largest absolute Gasteiger partial charge is 0.468 e. The molecular formula is C18H18O7. The highest BCUT2D eigenvalue weighted by Gasteiger charge is 2.76. The molecule has 2 aliphatic rings. The van der Waals surface area contributed by atoms with E-state index in [1.807, 2.05) is 0 Å². The van der Waals surface area contributed by atoms with Crippen molar-refractivity contribution in [2.45, 2.75) is 18.8 Å². The smallest absolute Gasteiger partial charge is 0.327 e. The van der Waals surface area contributed by atoms with Crippen molar-refractivity contribution in [1.29, 1.82) is 0 Å². The molecule has 1 aromatic carbocycles. The Morgan fingerprint density at radius 3 is 2.36 bits per heavy atom. The molecular weight excluding hydrogens is 328 g/mol. The standard InChI is InChI=1S/C18H18O7/c1-5-17(2)18(15(20)22-3,16(21)23-4)12-13(19)10-8-6-7-9-11(10)24-14(12)25-17/h5-9,12,14H,1H2,2-4H3/t12-,14+,17+/m1/s1. The van der Waals surface area contributed by atoms with Crippen molar-refractivity contribution in [2.75, 3.05) is 14.2 Å². The summed E-state index contributed by atoms with van der Waals surface area (Å²) >= 11 is 0. The van der Waals surface area contributed by atoms with Crippen molar-refractivity contribution in [3.05, 3.63) is 42.5 Å². The maximum absolute atomic E-state index is 13.1. The van der Waals surface area contributed by atoms with Gasteiger partial charge in [0.1, 0.15) is 17.3 Å². The first-order chi connectivity index (χ1) is 11.9. The van der Waals surface area contributed by atoms with Gasteiger partial charge in [-0.2, -0.15) is 0 Å². The fourth-order valence-electron chi connectivity index (χ4n) is 3.67. The minimum atomic E-state index is -2.06. The van der Waals surface area contributed by atoms with E-state index in [2.05, 4.69) is 6.58 Å². The Kier molecular flexibility index (Phi) is 3.91. The normalized spacial score (nSPS) is 29.0. The fraction of sp³-hybridized carbons (Fsp3) is 0.389. The summed E-state index contributed by atoms with van der Waals surface area (Å²) in [6.07, 6.45) is 0.143. The first-order valence-electron chi connectivity index (χ1n) is 7.65. The zero-order valence-electron chi connectivity index (χ0n) is 14.1. The van der Waals surface area contributed by atoms with Crippen molar-refractivity contribution in [2.24, 2.45) is 11.3 Å². The van der Waals surface area contributed by atoms with Gasteiger partial charge in [0, 0.05) is 0 Å². The van der Waals surface area contributed by atoms with Gasteiger partial charge in [0.25, 0.3) is 0 Å². The lowest BCUT2D eigenvalue weighted by Crippen LogP contribution is -2.59. The Labute approximate surface area is 144 Å². The quantitative estimate of drug-likeness (QED) is 0.466. The summed E-state index contributed by atoms with van der Waals surface area (Å²) in [6.45, 7) is 5.15. The number of Topliss-reactive ketones (excluding diaryl/α,β-unsaturated/α-hetero) is 1. The number of esters is 2. The van der Waals surface area contributed by atoms with E-state index in [9.17, 15) is 14.4 Å². The first kappa shape index (κ1) is 17.2. The predicted molar refractivity (Wildman–Crippen MR) is 84.8 cm³/mol. The maximum Gasteiger partial charge on any atom is 0.327 e. The van der Waals surface area contributed by atoms with Gasteiger partial charge in [0.2, 0.25) is 11.7 Å². The average Bonchev–Trinajstić information content (AvgIpc) is 2.90. The number of hydrogen-bond donors (Lipinski definition) is 0. The molecule has 1 fully saturated rings. The van der Waals surface area contributed by atoms with Gasteiger partial charge in [0.15, 0.2) is 5.78 Å². The van der Waals surface area contributed by atoms with Crippen molar-refractivity contribution >= 4 is 17.7 Å². The minimum absolute atomic E-state index is 0.262. The lowest BCUT2D eigenvalue weighted by atomic mass is 9.63. The monoisotopic (exact) mass is 346 g/mol. The van der Waals surface area contributed by atoms with E-state index < -0.39 is 40.9 Å². The highest BCUT2D eigenvalue weighted by Crippen LogP contribution is 2.56. The third-order valence-electron chi connectivity index (χ3n) is 4.97. The van der Waals surface area contributed by atoms with Crippen LogP contribution in [0.25, 0.3) is 0 Å². The molecule has 0 unspecified atom stereocenters. The summed E-state index contributed by atoms with van der Waals surface area (Å²) in [4.78, 5) is 38.7. The van der Waals surface area contributed by atoms with Gasteiger partial charge in [-0.05, 0) is 19.1 Å². The van der Waals surface area contributed by atoms with Crippen molar-refractivity contribution in [1.82, 2.24) is 0 Å². The van der Waals surface area contributed by atoms with E-state index in [0.717, 1.165) is 14.2 Å². The molecule has 0 N–H and O–H groups in total. The molecule has 0 spiro atoms. The van der Waals surface area contributed by atoms with Gasteiger partial charge in [-0.1, -0.05) is 18.2 Å². The zero-order valence-corrected chi connectivity index (χ0v) is 14.1. The van der Waals surface area contributed by atoms with Gasteiger partial charge >= 0.3 is 11.9 Å². The molecule has 3 rings (SSSR count). The van der Waals surface area contributed by atoms with Crippen LogP contribution in [-0.2, 0) is 23.8 Å². The fourth-order valence-corrected chi connectivity index (χ4v) is 3.67. The molecule has 1 saturated heterocycles. The third-order valence-corrected chi connectivity index (χ3v) is 4.97. The molecule has 0 radical (unpaired) electrons. The Morgan fingerprint density at radius 1 is 1.20 bits per heavy atom. The lowest BCUT2D eigenvalue weighted by Gasteiger charge is -2.37. The predicted octanol–water partition coefficient (Wildman–Crippen LogP) is 1.51. The van der Waals surface area contributed by atoms with Gasteiger partial charge in [-0.15, -0.1) is 6.58 Å². The Balaban J connectivity index is 2.28. The third kappa shape index (κ3) is 1.99. The lowest BCUT2D eigenvalue weighted by molar-refractivity contribution is -0.180. The van der Waals surface area contributed by atoms with Crippen molar-refractivity contribution in [3.63, 3.8) is 0 Å². The molecule has 7 heteroatoms. The van der Waals surface area contributed by atoms with Crippen LogP contribution >= 0.6 is 0 Å². The maximum atomic E-state index is 13.1. The molecule has 0 amide bonds. The highest BCUT2D eigenvalue weighted by atomic mass is 16.7.